The molecule has 0 N–H and O–H groups in total. The standard InChI is InChI=1S/2C36H60O3S.Ba/c2*1-3-5-7-9-11-13-15-17-19-21-23-25-32-27-28-34-31-35(40(37,38)39)30-33(36(34)29-32)26-24-22-20-18-16-14-12-10-8-6-4-2;/h2*27-31H,3-26H2,1-2H3,(H,37,38,39);/q;;+2/p-2. The summed E-state index contributed by atoms with van der Waals surface area (Å²) in [7, 11) is -8.93. The molecule has 4 aromatic rings. The van der Waals surface area contributed by atoms with E-state index >= 15 is 0 Å². The van der Waals surface area contributed by atoms with Gasteiger partial charge in [-0.05, 0) is 119 Å². The monoisotopic (exact) mass is 1280 g/mol. The Hall–Kier alpha value is -1.21. The molecule has 9 heteroatoms. The van der Waals surface area contributed by atoms with E-state index in [4.69, 9.17) is 0 Å². The first-order chi connectivity index (χ1) is 38.9. The minimum Gasteiger partial charge on any atom is -0.744 e. The molecule has 0 heterocycles. The third kappa shape index (κ3) is 36.5. The average molecular weight is 1280 g/mol. The van der Waals surface area contributed by atoms with Crippen LogP contribution in [0.15, 0.2) is 70.5 Å². The van der Waals surface area contributed by atoms with E-state index in [1.165, 1.54) is 268 Å². The molecule has 4 rings (SSSR count). The summed E-state index contributed by atoms with van der Waals surface area (Å²) in [4.78, 5) is -0.174. The number of fused-ring (bicyclic) bond motifs is 2. The SMILES string of the molecule is CCCCCCCCCCCCCc1ccc2cc(S(=O)(=O)[O-])cc(CCCCCCCCCCCCC)c2c1.CCCCCCCCCCCCCc1ccc2cc(S(=O)(=O)[O-])cc(CCCCCCCCCCCCC)c2c1.[Ba+2]. The van der Waals surface area contributed by atoms with Crippen molar-refractivity contribution in [1.82, 2.24) is 0 Å². The second-order valence-corrected chi connectivity index (χ2v) is 27.1. The summed E-state index contributed by atoms with van der Waals surface area (Å²) < 4.78 is 71.0. The van der Waals surface area contributed by atoms with Crippen LogP contribution in [0.3, 0.4) is 0 Å². The Bertz CT molecular complexity index is 2230. The molecule has 4 aromatic carbocycles. The van der Waals surface area contributed by atoms with Crippen LogP contribution in [-0.4, -0.2) is 74.8 Å². The molecule has 0 unspecified atom stereocenters. The summed E-state index contributed by atoms with van der Waals surface area (Å²) in [5.74, 6) is 0. The number of hydrogen-bond acceptors (Lipinski definition) is 6. The quantitative estimate of drug-likeness (QED) is 0.0247. The summed E-state index contributed by atoms with van der Waals surface area (Å²) in [6, 6.07) is 19.2. The Labute approximate surface area is 540 Å². The number of hydrogen-bond donors (Lipinski definition) is 0. The molecule has 0 aromatic heterocycles. The van der Waals surface area contributed by atoms with Crippen LogP contribution in [0.25, 0.3) is 21.5 Å². The summed E-state index contributed by atoms with van der Waals surface area (Å²) in [6.07, 6.45) is 61.7. The maximum absolute atomic E-state index is 11.8. The average Bonchev–Trinajstić information content (AvgIpc) is 3.44. The van der Waals surface area contributed by atoms with Crippen molar-refractivity contribution < 1.29 is 25.9 Å². The molecule has 0 spiro atoms. The zero-order chi connectivity index (χ0) is 57.8. The van der Waals surface area contributed by atoms with E-state index in [2.05, 4.69) is 52.0 Å². The van der Waals surface area contributed by atoms with Crippen molar-refractivity contribution in [2.45, 2.75) is 346 Å². The number of aryl methyl sites for hydroxylation is 4. The van der Waals surface area contributed by atoms with Crippen LogP contribution in [0.4, 0.5) is 0 Å². The van der Waals surface area contributed by atoms with Gasteiger partial charge in [0.05, 0.1) is 9.79 Å². The van der Waals surface area contributed by atoms with E-state index in [1.54, 1.807) is 24.3 Å². The predicted octanol–water partition coefficient (Wildman–Crippen LogP) is 22.5. The van der Waals surface area contributed by atoms with Crippen LogP contribution in [0.2, 0.25) is 0 Å². The van der Waals surface area contributed by atoms with Crippen molar-refractivity contribution in [3.05, 3.63) is 82.9 Å². The van der Waals surface area contributed by atoms with Crippen molar-refractivity contribution >= 4 is 90.7 Å². The molecular formula is C72H118BaO6S2. The van der Waals surface area contributed by atoms with Gasteiger partial charge in [0.25, 0.3) is 0 Å². The van der Waals surface area contributed by atoms with Crippen molar-refractivity contribution in [3.8, 4) is 0 Å². The van der Waals surface area contributed by atoms with Gasteiger partial charge in [0, 0.05) is 0 Å². The van der Waals surface area contributed by atoms with Gasteiger partial charge in [0.1, 0.15) is 20.2 Å². The number of unbranched alkanes of at least 4 members (excludes halogenated alkanes) is 40. The molecular weight excluding hydrogens is 1160 g/mol. The van der Waals surface area contributed by atoms with Crippen molar-refractivity contribution in [2.24, 2.45) is 0 Å². The fraction of sp³-hybridized carbons (Fsp3) is 0.722. The summed E-state index contributed by atoms with van der Waals surface area (Å²) in [5.41, 5.74) is 4.68. The van der Waals surface area contributed by atoms with E-state index in [1.807, 2.05) is 12.1 Å². The normalized spacial score (nSPS) is 11.8. The van der Waals surface area contributed by atoms with E-state index in [0.29, 0.717) is 0 Å². The molecule has 81 heavy (non-hydrogen) atoms. The Morgan fingerprint density at radius 1 is 0.272 bits per heavy atom. The second-order valence-electron chi connectivity index (χ2n) is 24.3. The van der Waals surface area contributed by atoms with Gasteiger partial charge < -0.3 is 9.11 Å². The Kier molecular flexibility index (Phi) is 45.8. The first kappa shape index (κ1) is 75.9. The molecule has 0 atom stereocenters. The summed E-state index contributed by atoms with van der Waals surface area (Å²) in [5, 5.41) is 4.00. The predicted molar refractivity (Wildman–Crippen MR) is 350 cm³/mol. The van der Waals surface area contributed by atoms with Crippen LogP contribution in [0.5, 0.6) is 0 Å². The minimum absolute atomic E-state index is 0. The maximum atomic E-state index is 11.8. The van der Waals surface area contributed by atoms with Crippen molar-refractivity contribution in [1.29, 1.82) is 0 Å². The largest absolute Gasteiger partial charge is 2.00 e. The molecule has 0 aliphatic rings. The third-order valence-corrected chi connectivity index (χ3v) is 18.6. The molecule has 0 aliphatic heterocycles. The molecule has 0 amide bonds. The van der Waals surface area contributed by atoms with E-state index < -0.39 is 20.2 Å². The van der Waals surface area contributed by atoms with Crippen molar-refractivity contribution in [3.63, 3.8) is 0 Å². The maximum Gasteiger partial charge on any atom is 2.00 e. The molecule has 0 fully saturated rings. The van der Waals surface area contributed by atoms with Crippen LogP contribution in [0, 0.1) is 0 Å². The zero-order valence-corrected chi connectivity index (χ0v) is 58.8. The molecule has 0 aliphatic carbocycles. The Morgan fingerprint density at radius 2 is 0.481 bits per heavy atom. The minimum atomic E-state index is -4.46. The van der Waals surface area contributed by atoms with Gasteiger partial charge in [-0.3, -0.25) is 0 Å². The topological polar surface area (TPSA) is 114 Å². The first-order valence-corrected chi connectivity index (χ1v) is 36.8. The van der Waals surface area contributed by atoms with Crippen molar-refractivity contribution in [2.75, 3.05) is 0 Å². The van der Waals surface area contributed by atoms with Gasteiger partial charge in [0.15, 0.2) is 0 Å². The van der Waals surface area contributed by atoms with Gasteiger partial charge in [-0.25, -0.2) is 16.8 Å². The third-order valence-electron chi connectivity index (χ3n) is 17.0. The smallest absolute Gasteiger partial charge is 0.744 e. The van der Waals surface area contributed by atoms with Crippen LogP contribution in [0.1, 0.15) is 332 Å². The summed E-state index contributed by atoms with van der Waals surface area (Å²) >= 11 is 0. The van der Waals surface area contributed by atoms with Gasteiger partial charge >= 0.3 is 48.9 Å². The van der Waals surface area contributed by atoms with E-state index in [0.717, 1.165) is 84.0 Å². The molecule has 0 bridgehead atoms. The number of rotatable bonds is 50. The molecule has 0 saturated carbocycles. The van der Waals surface area contributed by atoms with Crippen LogP contribution < -0.4 is 0 Å². The van der Waals surface area contributed by atoms with Crippen LogP contribution >= 0.6 is 0 Å². The molecule has 456 valence electrons. The Balaban J connectivity index is 0.000000547. The molecule has 6 nitrogen and oxygen atoms in total. The zero-order valence-electron chi connectivity index (χ0n) is 52.7. The van der Waals surface area contributed by atoms with E-state index in [-0.39, 0.29) is 58.7 Å². The number of benzene rings is 4. The van der Waals surface area contributed by atoms with Crippen LogP contribution in [-0.2, 0) is 45.9 Å². The fourth-order valence-corrected chi connectivity index (χ4v) is 13.0. The van der Waals surface area contributed by atoms with E-state index in [9.17, 15) is 25.9 Å². The molecule has 0 saturated heterocycles. The Morgan fingerprint density at radius 3 is 0.704 bits per heavy atom. The first-order valence-electron chi connectivity index (χ1n) is 33.9. The van der Waals surface area contributed by atoms with Gasteiger partial charge in [-0.15, -0.1) is 0 Å². The summed E-state index contributed by atoms with van der Waals surface area (Å²) in [6.45, 7) is 9.07. The van der Waals surface area contributed by atoms with Gasteiger partial charge in [-0.2, -0.15) is 0 Å². The van der Waals surface area contributed by atoms with Gasteiger partial charge in [-0.1, -0.05) is 321 Å². The fourth-order valence-electron chi connectivity index (χ4n) is 11.9. The van der Waals surface area contributed by atoms with Gasteiger partial charge in [0.2, 0.25) is 0 Å². The second kappa shape index (κ2) is 48.9. The molecule has 0 radical (unpaired) electrons.